The molecule has 0 spiro atoms. The first-order valence-electron chi connectivity index (χ1n) is 6.18. The second-order valence-corrected chi connectivity index (χ2v) is 4.85. The van der Waals surface area contributed by atoms with E-state index in [1.54, 1.807) is 6.07 Å². The molecule has 0 amide bonds. The van der Waals surface area contributed by atoms with Gasteiger partial charge in [0.15, 0.2) is 11.6 Å². The maximum absolute atomic E-state index is 13.6. The van der Waals surface area contributed by atoms with Crippen LogP contribution in [0.2, 0.25) is 0 Å². The summed E-state index contributed by atoms with van der Waals surface area (Å²) in [7, 11) is 0. The number of aromatic nitrogens is 1. The minimum atomic E-state index is -1.39. The van der Waals surface area contributed by atoms with E-state index < -0.39 is 23.5 Å². The van der Waals surface area contributed by atoms with Crippen LogP contribution in [-0.4, -0.2) is 4.98 Å². The van der Waals surface area contributed by atoms with E-state index in [-0.39, 0.29) is 5.92 Å². The van der Waals surface area contributed by atoms with Crippen molar-refractivity contribution in [1.82, 2.24) is 4.98 Å². The molecule has 1 aromatic heterocycles. The van der Waals surface area contributed by atoms with E-state index in [9.17, 15) is 13.2 Å². The van der Waals surface area contributed by atoms with Gasteiger partial charge in [-0.05, 0) is 30.0 Å². The van der Waals surface area contributed by atoms with Gasteiger partial charge in [-0.3, -0.25) is 0 Å². The Kier molecular flexibility index (Phi) is 3.97. The predicted octanol–water partition coefficient (Wildman–Crippen LogP) is 4.72. The highest BCUT2D eigenvalue weighted by molar-refractivity contribution is 5.41. The van der Waals surface area contributed by atoms with E-state index in [0.29, 0.717) is 11.8 Å². The van der Waals surface area contributed by atoms with Gasteiger partial charge in [-0.1, -0.05) is 26.0 Å². The average Bonchev–Trinajstić information content (AvgIpc) is 2.35. The zero-order chi connectivity index (χ0) is 14.9. The van der Waals surface area contributed by atoms with Crippen LogP contribution in [0.5, 0.6) is 11.6 Å². The van der Waals surface area contributed by atoms with Crippen LogP contribution in [0.15, 0.2) is 24.3 Å². The van der Waals surface area contributed by atoms with Gasteiger partial charge in [0.2, 0.25) is 0 Å². The van der Waals surface area contributed by atoms with Gasteiger partial charge in [-0.25, -0.2) is 8.78 Å². The van der Waals surface area contributed by atoms with Crippen LogP contribution in [0, 0.1) is 24.5 Å². The fraction of sp³-hybridized carbons (Fsp3) is 0.267. The lowest BCUT2D eigenvalue weighted by Gasteiger charge is -2.14. The van der Waals surface area contributed by atoms with Crippen LogP contribution in [0.25, 0.3) is 0 Å². The van der Waals surface area contributed by atoms with Gasteiger partial charge in [-0.15, -0.1) is 0 Å². The van der Waals surface area contributed by atoms with E-state index in [1.165, 1.54) is 0 Å². The first-order chi connectivity index (χ1) is 9.38. The SMILES string of the molecule is Cc1ccc(C(C)C)c(Oc2nc(F)c(F)cc2F)c1. The van der Waals surface area contributed by atoms with E-state index in [2.05, 4.69) is 4.98 Å². The molecular formula is C15H14F3NO. The van der Waals surface area contributed by atoms with Crippen molar-refractivity contribution in [1.29, 1.82) is 0 Å². The Bertz CT molecular complexity index is 641. The number of benzene rings is 1. The number of pyridine rings is 1. The zero-order valence-electron chi connectivity index (χ0n) is 11.4. The Balaban J connectivity index is 2.44. The molecule has 0 aliphatic heterocycles. The van der Waals surface area contributed by atoms with E-state index >= 15 is 0 Å². The lowest BCUT2D eigenvalue weighted by Crippen LogP contribution is -2.01. The molecule has 2 rings (SSSR count). The number of nitrogens with zero attached hydrogens (tertiary/aromatic N) is 1. The molecule has 5 heteroatoms. The fourth-order valence-corrected chi connectivity index (χ4v) is 1.81. The standard InChI is InChI=1S/C15H14F3NO/c1-8(2)10-5-4-9(3)6-13(10)20-15-12(17)7-11(16)14(18)19-15/h4-8H,1-3H3. The quantitative estimate of drug-likeness (QED) is 0.759. The second kappa shape index (κ2) is 5.53. The van der Waals surface area contributed by atoms with Crippen LogP contribution < -0.4 is 4.74 Å². The van der Waals surface area contributed by atoms with Gasteiger partial charge in [0.25, 0.3) is 11.8 Å². The molecule has 0 saturated heterocycles. The van der Waals surface area contributed by atoms with Gasteiger partial charge >= 0.3 is 0 Å². The third-order valence-corrected chi connectivity index (χ3v) is 2.85. The number of rotatable bonds is 3. The van der Waals surface area contributed by atoms with E-state index in [1.807, 2.05) is 32.9 Å². The van der Waals surface area contributed by atoms with Crippen molar-refractivity contribution in [3.8, 4) is 11.6 Å². The molecule has 20 heavy (non-hydrogen) atoms. The Morgan fingerprint density at radius 3 is 2.40 bits per heavy atom. The molecule has 1 aromatic carbocycles. The van der Waals surface area contributed by atoms with Crippen molar-refractivity contribution in [2.24, 2.45) is 0 Å². The monoisotopic (exact) mass is 281 g/mol. The molecule has 0 saturated carbocycles. The van der Waals surface area contributed by atoms with Crippen LogP contribution >= 0.6 is 0 Å². The molecule has 2 nitrogen and oxygen atoms in total. The van der Waals surface area contributed by atoms with Crippen molar-refractivity contribution >= 4 is 0 Å². The lowest BCUT2D eigenvalue weighted by molar-refractivity contribution is 0.383. The fourth-order valence-electron chi connectivity index (χ4n) is 1.81. The Labute approximate surface area is 115 Å². The Hall–Kier alpha value is -2.04. The van der Waals surface area contributed by atoms with Crippen LogP contribution in [-0.2, 0) is 0 Å². The number of halogens is 3. The van der Waals surface area contributed by atoms with Crippen LogP contribution in [0.4, 0.5) is 13.2 Å². The number of ether oxygens (including phenoxy) is 1. The van der Waals surface area contributed by atoms with Gasteiger partial charge in [0.05, 0.1) is 0 Å². The minimum absolute atomic E-state index is 0.138. The molecule has 0 unspecified atom stereocenters. The average molecular weight is 281 g/mol. The molecule has 0 N–H and O–H groups in total. The van der Waals surface area contributed by atoms with Crippen LogP contribution in [0.1, 0.15) is 30.9 Å². The molecule has 0 radical (unpaired) electrons. The lowest BCUT2D eigenvalue weighted by atomic mass is 10.0. The minimum Gasteiger partial charge on any atom is -0.436 e. The summed E-state index contributed by atoms with van der Waals surface area (Å²) in [6.45, 7) is 5.76. The molecule has 0 fully saturated rings. The van der Waals surface area contributed by atoms with Crippen molar-refractivity contribution in [3.05, 3.63) is 53.0 Å². The summed E-state index contributed by atoms with van der Waals surface area (Å²) in [5.41, 5.74) is 1.74. The number of hydrogen-bond donors (Lipinski definition) is 0. The maximum atomic E-state index is 13.6. The number of aryl methyl sites for hydroxylation is 1. The van der Waals surface area contributed by atoms with Crippen molar-refractivity contribution in [2.45, 2.75) is 26.7 Å². The van der Waals surface area contributed by atoms with Gasteiger partial charge < -0.3 is 4.74 Å². The Morgan fingerprint density at radius 1 is 1.05 bits per heavy atom. The third-order valence-electron chi connectivity index (χ3n) is 2.85. The smallest absolute Gasteiger partial charge is 0.258 e. The molecule has 0 bridgehead atoms. The summed E-state index contributed by atoms with van der Waals surface area (Å²) in [4.78, 5) is 3.16. The van der Waals surface area contributed by atoms with Crippen molar-refractivity contribution in [2.75, 3.05) is 0 Å². The second-order valence-electron chi connectivity index (χ2n) is 4.85. The molecule has 2 aromatic rings. The highest BCUT2D eigenvalue weighted by atomic mass is 19.2. The van der Waals surface area contributed by atoms with Crippen LogP contribution in [0.3, 0.4) is 0 Å². The van der Waals surface area contributed by atoms with Gasteiger partial charge in [-0.2, -0.15) is 9.37 Å². The summed E-state index contributed by atoms with van der Waals surface area (Å²) in [5, 5.41) is 0. The third kappa shape index (κ3) is 2.92. The van der Waals surface area contributed by atoms with Gasteiger partial charge in [0.1, 0.15) is 5.75 Å². The zero-order valence-corrected chi connectivity index (χ0v) is 11.4. The highest BCUT2D eigenvalue weighted by Gasteiger charge is 2.16. The highest BCUT2D eigenvalue weighted by Crippen LogP contribution is 2.32. The summed E-state index contributed by atoms with van der Waals surface area (Å²) in [6.07, 6.45) is 0. The van der Waals surface area contributed by atoms with Gasteiger partial charge in [0, 0.05) is 6.07 Å². The van der Waals surface area contributed by atoms with E-state index in [0.717, 1.165) is 11.1 Å². The Morgan fingerprint density at radius 2 is 1.75 bits per heavy atom. The summed E-state index contributed by atoms with van der Waals surface area (Å²) in [5.74, 6) is -3.82. The largest absolute Gasteiger partial charge is 0.436 e. The van der Waals surface area contributed by atoms with Crippen molar-refractivity contribution < 1.29 is 17.9 Å². The van der Waals surface area contributed by atoms with Crippen molar-refractivity contribution in [3.63, 3.8) is 0 Å². The normalized spacial score (nSPS) is 10.9. The first-order valence-corrected chi connectivity index (χ1v) is 6.18. The van der Waals surface area contributed by atoms with E-state index in [4.69, 9.17) is 4.74 Å². The predicted molar refractivity (Wildman–Crippen MR) is 69.5 cm³/mol. The summed E-state index contributed by atoms with van der Waals surface area (Å²) in [6, 6.07) is 5.88. The first kappa shape index (κ1) is 14.4. The molecule has 1 heterocycles. The maximum Gasteiger partial charge on any atom is 0.258 e. The topological polar surface area (TPSA) is 22.1 Å². The molecule has 106 valence electrons. The molecule has 0 atom stereocenters. The number of hydrogen-bond acceptors (Lipinski definition) is 2. The molecule has 0 aliphatic carbocycles. The summed E-state index contributed by atoms with van der Waals surface area (Å²) < 4.78 is 44.8. The molecule has 0 aliphatic rings. The molecular weight excluding hydrogens is 267 g/mol. The summed E-state index contributed by atoms with van der Waals surface area (Å²) >= 11 is 0.